The van der Waals surface area contributed by atoms with Crippen molar-refractivity contribution in [2.24, 2.45) is 7.05 Å². The van der Waals surface area contributed by atoms with Crippen molar-refractivity contribution in [2.75, 3.05) is 33.9 Å². The number of hydrogen-bond acceptors (Lipinski definition) is 4. The SMILES string of the molecule is COCCNCC/C=C(/C)c1c(OC)cnn1C. The predicted molar refractivity (Wildman–Crippen MR) is 72.8 cm³/mol. The van der Waals surface area contributed by atoms with Crippen LogP contribution in [0.5, 0.6) is 5.75 Å². The maximum atomic E-state index is 5.29. The van der Waals surface area contributed by atoms with E-state index >= 15 is 0 Å². The fourth-order valence-corrected chi connectivity index (χ4v) is 1.80. The third-order valence-electron chi connectivity index (χ3n) is 2.75. The normalized spacial score (nSPS) is 11.9. The van der Waals surface area contributed by atoms with Gasteiger partial charge in [-0.05, 0) is 25.5 Å². The molecule has 0 aliphatic rings. The average molecular weight is 253 g/mol. The quantitative estimate of drug-likeness (QED) is 0.713. The van der Waals surface area contributed by atoms with E-state index in [9.17, 15) is 0 Å². The summed E-state index contributed by atoms with van der Waals surface area (Å²) in [7, 11) is 5.30. The summed E-state index contributed by atoms with van der Waals surface area (Å²) in [4.78, 5) is 0. The van der Waals surface area contributed by atoms with Gasteiger partial charge in [-0.25, -0.2) is 0 Å². The van der Waals surface area contributed by atoms with Crippen LogP contribution in [0.1, 0.15) is 19.0 Å². The van der Waals surface area contributed by atoms with Crippen molar-refractivity contribution < 1.29 is 9.47 Å². The van der Waals surface area contributed by atoms with E-state index in [1.165, 1.54) is 5.57 Å². The highest BCUT2D eigenvalue weighted by Gasteiger charge is 2.09. The van der Waals surface area contributed by atoms with Crippen LogP contribution in [0.3, 0.4) is 0 Å². The molecular weight excluding hydrogens is 230 g/mol. The average Bonchev–Trinajstić information content (AvgIpc) is 2.74. The Morgan fingerprint density at radius 3 is 2.89 bits per heavy atom. The van der Waals surface area contributed by atoms with Crippen molar-refractivity contribution >= 4 is 5.57 Å². The van der Waals surface area contributed by atoms with Crippen LogP contribution in [0.15, 0.2) is 12.3 Å². The molecule has 0 atom stereocenters. The second-order valence-electron chi connectivity index (χ2n) is 4.10. The predicted octanol–water partition coefficient (Wildman–Crippen LogP) is 1.46. The lowest BCUT2D eigenvalue weighted by molar-refractivity contribution is 0.199. The van der Waals surface area contributed by atoms with Gasteiger partial charge in [0.1, 0.15) is 5.69 Å². The first kappa shape index (κ1) is 14.7. The number of hydrogen-bond donors (Lipinski definition) is 1. The third kappa shape index (κ3) is 4.16. The Morgan fingerprint density at radius 1 is 1.44 bits per heavy atom. The summed E-state index contributed by atoms with van der Waals surface area (Å²) in [5.41, 5.74) is 2.22. The van der Waals surface area contributed by atoms with E-state index in [1.54, 1.807) is 20.4 Å². The number of methoxy groups -OCH3 is 2. The van der Waals surface area contributed by atoms with Gasteiger partial charge in [0.05, 0.1) is 19.9 Å². The summed E-state index contributed by atoms with van der Waals surface area (Å²) >= 11 is 0. The smallest absolute Gasteiger partial charge is 0.164 e. The second-order valence-corrected chi connectivity index (χ2v) is 4.10. The van der Waals surface area contributed by atoms with Crippen LogP contribution in [0, 0.1) is 0 Å². The number of nitrogens with zero attached hydrogens (tertiary/aromatic N) is 2. The first-order chi connectivity index (χ1) is 8.70. The van der Waals surface area contributed by atoms with Crippen LogP contribution in [-0.4, -0.2) is 43.7 Å². The van der Waals surface area contributed by atoms with Crippen molar-refractivity contribution in [3.8, 4) is 5.75 Å². The molecule has 1 heterocycles. The van der Waals surface area contributed by atoms with E-state index in [1.807, 2.05) is 11.7 Å². The highest BCUT2D eigenvalue weighted by molar-refractivity contribution is 5.65. The van der Waals surface area contributed by atoms with Crippen molar-refractivity contribution in [2.45, 2.75) is 13.3 Å². The molecule has 0 aromatic carbocycles. The molecule has 1 rings (SSSR count). The van der Waals surface area contributed by atoms with Crippen LogP contribution in [0.25, 0.3) is 5.57 Å². The van der Waals surface area contributed by atoms with E-state index in [0.29, 0.717) is 0 Å². The molecule has 1 aromatic heterocycles. The molecule has 0 aliphatic heterocycles. The fourth-order valence-electron chi connectivity index (χ4n) is 1.80. The van der Waals surface area contributed by atoms with Gasteiger partial charge in [0.2, 0.25) is 0 Å². The van der Waals surface area contributed by atoms with Gasteiger partial charge in [-0.2, -0.15) is 5.10 Å². The molecule has 0 fully saturated rings. The van der Waals surface area contributed by atoms with Gasteiger partial charge in [0, 0.05) is 20.7 Å². The Morgan fingerprint density at radius 2 is 2.22 bits per heavy atom. The van der Waals surface area contributed by atoms with E-state index < -0.39 is 0 Å². The molecule has 0 radical (unpaired) electrons. The van der Waals surface area contributed by atoms with Crippen LogP contribution >= 0.6 is 0 Å². The largest absolute Gasteiger partial charge is 0.493 e. The van der Waals surface area contributed by atoms with Crippen molar-refractivity contribution in [1.29, 1.82) is 0 Å². The van der Waals surface area contributed by atoms with Crippen LogP contribution in [0.4, 0.5) is 0 Å². The number of aryl methyl sites for hydroxylation is 1. The van der Waals surface area contributed by atoms with Gasteiger partial charge in [-0.3, -0.25) is 4.68 Å². The zero-order valence-electron chi connectivity index (χ0n) is 11.7. The van der Waals surface area contributed by atoms with Gasteiger partial charge in [-0.1, -0.05) is 6.08 Å². The van der Waals surface area contributed by atoms with E-state index in [-0.39, 0.29) is 0 Å². The van der Waals surface area contributed by atoms with Crippen LogP contribution < -0.4 is 10.1 Å². The highest BCUT2D eigenvalue weighted by Crippen LogP contribution is 2.24. The summed E-state index contributed by atoms with van der Waals surface area (Å²) < 4.78 is 12.1. The van der Waals surface area contributed by atoms with Crippen molar-refractivity contribution in [1.82, 2.24) is 15.1 Å². The topological polar surface area (TPSA) is 48.3 Å². The number of nitrogens with one attached hydrogen (secondary N) is 1. The monoisotopic (exact) mass is 253 g/mol. The fraction of sp³-hybridized carbons (Fsp3) is 0.615. The van der Waals surface area contributed by atoms with Crippen molar-refractivity contribution in [3.05, 3.63) is 18.0 Å². The Hall–Kier alpha value is -1.33. The molecule has 0 unspecified atom stereocenters. The van der Waals surface area contributed by atoms with Gasteiger partial charge >= 0.3 is 0 Å². The van der Waals surface area contributed by atoms with Gasteiger partial charge in [0.15, 0.2) is 5.75 Å². The molecular formula is C13H23N3O2. The Bertz CT molecular complexity index is 386. The molecule has 1 N–H and O–H groups in total. The molecule has 5 nitrogen and oxygen atoms in total. The lowest BCUT2D eigenvalue weighted by Gasteiger charge is -2.06. The molecule has 0 amide bonds. The third-order valence-corrected chi connectivity index (χ3v) is 2.75. The van der Waals surface area contributed by atoms with Gasteiger partial charge < -0.3 is 14.8 Å². The molecule has 1 aromatic rings. The van der Waals surface area contributed by atoms with E-state index in [4.69, 9.17) is 9.47 Å². The first-order valence-corrected chi connectivity index (χ1v) is 6.13. The molecule has 5 heteroatoms. The molecule has 102 valence electrons. The Kier molecular flexibility index (Phi) is 6.46. The number of allylic oxidation sites excluding steroid dienone is 1. The summed E-state index contributed by atoms with van der Waals surface area (Å²) in [6.07, 6.45) is 4.91. The lowest BCUT2D eigenvalue weighted by atomic mass is 10.1. The molecule has 18 heavy (non-hydrogen) atoms. The minimum Gasteiger partial charge on any atom is -0.493 e. The molecule has 0 aliphatic carbocycles. The van der Waals surface area contributed by atoms with E-state index in [2.05, 4.69) is 23.4 Å². The second kappa shape index (κ2) is 7.89. The number of ether oxygens (including phenoxy) is 2. The molecule has 0 spiro atoms. The summed E-state index contributed by atoms with van der Waals surface area (Å²) in [6, 6.07) is 0. The zero-order chi connectivity index (χ0) is 13.4. The molecule has 0 saturated heterocycles. The summed E-state index contributed by atoms with van der Waals surface area (Å²) in [5, 5.41) is 7.50. The highest BCUT2D eigenvalue weighted by atomic mass is 16.5. The number of rotatable bonds is 8. The lowest BCUT2D eigenvalue weighted by Crippen LogP contribution is -2.19. The van der Waals surface area contributed by atoms with E-state index in [0.717, 1.165) is 37.6 Å². The summed E-state index contributed by atoms with van der Waals surface area (Å²) in [5.74, 6) is 0.818. The summed E-state index contributed by atoms with van der Waals surface area (Å²) in [6.45, 7) is 4.66. The minimum atomic E-state index is 0.748. The zero-order valence-corrected chi connectivity index (χ0v) is 11.7. The van der Waals surface area contributed by atoms with Gasteiger partial charge in [0.25, 0.3) is 0 Å². The van der Waals surface area contributed by atoms with Gasteiger partial charge in [-0.15, -0.1) is 0 Å². The van der Waals surface area contributed by atoms with Crippen LogP contribution in [-0.2, 0) is 11.8 Å². The Balaban J connectivity index is 2.47. The maximum absolute atomic E-state index is 5.29. The molecule has 0 bridgehead atoms. The number of aromatic nitrogens is 2. The maximum Gasteiger partial charge on any atom is 0.164 e. The minimum absolute atomic E-state index is 0.748. The van der Waals surface area contributed by atoms with Crippen LogP contribution in [0.2, 0.25) is 0 Å². The molecule has 0 saturated carbocycles. The Labute approximate surface area is 109 Å². The van der Waals surface area contributed by atoms with Crippen molar-refractivity contribution in [3.63, 3.8) is 0 Å². The standard InChI is InChI=1S/C13H23N3O2/c1-11(6-5-7-14-8-9-17-3)13-12(18-4)10-15-16(13)2/h6,10,14H,5,7-9H2,1-4H3/b11-6-. The first-order valence-electron chi connectivity index (χ1n) is 6.13.